The Hall–Kier alpha value is -2.54. The van der Waals surface area contributed by atoms with Gasteiger partial charge in [-0.1, -0.05) is 12.1 Å². The number of amides is 1. The Morgan fingerprint density at radius 3 is 3.08 bits per heavy atom. The van der Waals surface area contributed by atoms with Crippen LogP contribution < -0.4 is 14.8 Å². The Balaban J connectivity index is 1.57. The number of H-pyrrole nitrogens is 1. The minimum absolute atomic E-state index is 0.0720. The summed E-state index contributed by atoms with van der Waals surface area (Å²) in [5.41, 5.74) is 1.94. The van der Waals surface area contributed by atoms with E-state index in [-0.39, 0.29) is 24.5 Å². The van der Waals surface area contributed by atoms with Gasteiger partial charge in [0.15, 0.2) is 5.75 Å². The molecule has 1 aromatic heterocycles. The van der Waals surface area contributed by atoms with Crippen LogP contribution in [-0.2, 0) is 16.0 Å². The Labute approximate surface area is 140 Å². The highest BCUT2D eigenvalue weighted by atomic mass is 16.5. The zero-order valence-corrected chi connectivity index (χ0v) is 13.7. The molecule has 24 heavy (non-hydrogen) atoms. The van der Waals surface area contributed by atoms with Gasteiger partial charge in [-0.3, -0.25) is 9.89 Å². The van der Waals surface area contributed by atoms with Crippen molar-refractivity contribution in [2.24, 2.45) is 0 Å². The van der Waals surface area contributed by atoms with Gasteiger partial charge in [-0.15, -0.1) is 0 Å². The maximum atomic E-state index is 12.3. The number of ether oxygens (including phenoxy) is 3. The van der Waals surface area contributed by atoms with Crippen LogP contribution >= 0.6 is 0 Å². The van der Waals surface area contributed by atoms with Crippen LogP contribution in [0.1, 0.15) is 11.1 Å². The van der Waals surface area contributed by atoms with Crippen molar-refractivity contribution in [2.75, 3.05) is 20.3 Å². The first-order valence-corrected chi connectivity index (χ1v) is 7.82. The molecule has 2 N–H and O–H groups in total. The molecule has 1 fully saturated rings. The van der Waals surface area contributed by atoms with Gasteiger partial charge in [0, 0.05) is 0 Å². The molecule has 128 valence electrons. The van der Waals surface area contributed by atoms with Crippen LogP contribution in [0.15, 0.2) is 30.6 Å². The Bertz CT molecular complexity index is 687. The SMILES string of the molecule is COc1cc(CC(=O)N[C@H]2COC[C@H]2Oc2cn[nH]c2)ccc1C. The molecule has 3 rings (SSSR count). The average Bonchev–Trinajstić information content (AvgIpc) is 3.22. The lowest BCUT2D eigenvalue weighted by Gasteiger charge is -2.19. The van der Waals surface area contributed by atoms with E-state index in [0.29, 0.717) is 19.0 Å². The number of carbonyl (C=O) groups excluding carboxylic acids is 1. The van der Waals surface area contributed by atoms with Gasteiger partial charge in [0.2, 0.25) is 5.91 Å². The molecular weight excluding hydrogens is 310 g/mol. The summed E-state index contributed by atoms with van der Waals surface area (Å²) >= 11 is 0. The third-order valence-corrected chi connectivity index (χ3v) is 3.97. The van der Waals surface area contributed by atoms with E-state index in [9.17, 15) is 4.79 Å². The molecule has 0 saturated carbocycles. The van der Waals surface area contributed by atoms with Crippen LogP contribution in [0.4, 0.5) is 0 Å². The molecule has 2 atom stereocenters. The Morgan fingerprint density at radius 2 is 2.33 bits per heavy atom. The fraction of sp³-hybridized carbons (Fsp3) is 0.412. The van der Waals surface area contributed by atoms with E-state index >= 15 is 0 Å². The molecule has 0 bridgehead atoms. The van der Waals surface area contributed by atoms with Crippen LogP contribution in [0.25, 0.3) is 0 Å². The summed E-state index contributed by atoms with van der Waals surface area (Å²) in [6, 6.07) is 5.59. The normalized spacial score (nSPS) is 19.9. The highest BCUT2D eigenvalue weighted by Gasteiger charge is 2.31. The average molecular weight is 331 g/mol. The molecular formula is C17H21N3O4. The zero-order chi connectivity index (χ0) is 16.9. The summed E-state index contributed by atoms with van der Waals surface area (Å²) < 4.78 is 16.5. The predicted molar refractivity (Wildman–Crippen MR) is 87.2 cm³/mol. The van der Waals surface area contributed by atoms with Gasteiger partial charge >= 0.3 is 0 Å². The molecule has 0 aliphatic carbocycles. The standard InChI is InChI=1S/C17H21N3O4/c1-11-3-4-12(5-15(11)22-2)6-17(21)20-14-9-23-10-16(14)24-13-7-18-19-8-13/h3-5,7-8,14,16H,6,9-10H2,1-2H3,(H,18,19)(H,20,21)/t14-,16+/m0/s1. The molecule has 0 unspecified atom stereocenters. The van der Waals surface area contributed by atoms with Crippen molar-refractivity contribution in [2.45, 2.75) is 25.5 Å². The van der Waals surface area contributed by atoms with Gasteiger partial charge in [0.05, 0.1) is 45.2 Å². The van der Waals surface area contributed by atoms with Gasteiger partial charge in [0.25, 0.3) is 0 Å². The second-order valence-electron chi connectivity index (χ2n) is 5.78. The van der Waals surface area contributed by atoms with Crippen molar-refractivity contribution < 1.29 is 19.0 Å². The number of aromatic amines is 1. The number of carbonyl (C=O) groups is 1. The number of rotatable bonds is 6. The van der Waals surface area contributed by atoms with Crippen LogP contribution in [0.2, 0.25) is 0 Å². The Kier molecular flexibility index (Phi) is 5.00. The number of methoxy groups -OCH3 is 1. The van der Waals surface area contributed by atoms with Gasteiger partial charge in [-0.2, -0.15) is 5.10 Å². The van der Waals surface area contributed by atoms with Crippen molar-refractivity contribution in [1.82, 2.24) is 15.5 Å². The van der Waals surface area contributed by atoms with Crippen molar-refractivity contribution in [1.29, 1.82) is 0 Å². The molecule has 0 radical (unpaired) electrons. The number of nitrogens with one attached hydrogen (secondary N) is 2. The third-order valence-electron chi connectivity index (χ3n) is 3.97. The second-order valence-corrected chi connectivity index (χ2v) is 5.78. The lowest BCUT2D eigenvalue weighted by molar-refractivity contribution is -0.121. The molecule has 7 nitrogen and oxygen atoms in total. The van der Waals surface area contributed by atoms with Crippen molar-refractivity contribution >= 4 is 5.91 Å². The summed E-state index contributed by atoms with van der Waals surface area (Å²) in [5.74, 6) is 1.34. The third kappa shape index (κ3) is 3.86. The summed E-state index contributed by atoms with van der Waals surface area (Å²) in [7, 11) is 1.62. The monoisotopic (exact) mass is 331 g/mol. The van der Waals surface area contributed by atoms with Gasteiger partial charge in [0.1, 0.15) is 11.9 Å². The highest BCUT2D eigenvalue weighted by Crippen LogP contribution is 2.20. The van der Waals surface area contributed by atoms with E-state index in [1.807, 2.05) is 25.1 Å². The lowest BCUT2D eigenvalue weighted by atomic mass is 10.1. The quantitative estimate of drug-likeness (QED) is 0.832. The summed E-state index contributed by atoms with van der Waals surface area (Å²) in [5, 5.41) is 9.51. The first-order valence-electron chi connectivity index (χ1n) is 7.82. The number of aromatic nitrogens is 2. The fourth-order valence-corrected chi connectivity index (χ4v) is 2.68. The van der Waals surface area contributed by atoms with E-state index in [1.54, 1.807) is 19.5 Å². The van der Waals surface area contributed by atoms with Gasteiger partial charge < -0.3 is 19.5 Å². The van der Waals surface area contributed by atoms with Crippen LogP contribution in [-0.4, -0.2) is 48.6 Å². The lowest BCUT2D eigenvalue weighted by Crippen LogP contribution is -2.45. The Morgan fingerprint density at radius 1 is 1.46 bits per heavy atom. The van der Waals surface area contributed by atoms with E-state index in [1.165, 1.54) is 0 Å². The first kappa shape index (κ1) is 16.3. The molecule has 0 spiro atoms. The fourth-order valence-electron chi connectivity index (χ4n) is 2.68. The summed E-state index contributed by atoms with van der Waals surface area (Å²) in [4.78, 5) is 12.3. The largest absolute Gasteiger partial charge is 0.496 e. The van der Waals surface area contributed by atoms with E-state index in [0.717, 1.165) is 16.9 Å². The smallest absolute Gasteiger partial charge is 0.224 e. The topological polar surface area (TPSA) is 85.5 Å². The number of hydrogen-bond acceptors (Lipinski definition) is 5. The maximum absolute atomic E-state index is 12.3. The van der Waals surface area contributed by atoms with E-state index in [2.05, 4.69) is 15.5 Å². The number of aryl methyl sites for hydroxylation is 1. The number of benzene rings is 1. The van der Waals surface area contributed by atoms with Crippen LogP contribution in [0.3, 0.4) is 0 Å². The van der Waals surface area contributed by atoms with Gasteiger partial charge in [-0.05, 0) is 24.1 Å². The zero-order valence-electron chi connectivity index (χ0n) is 13.7. The van der Waals surface area contributed by atoms with Crippen LogP contribution in [0, 0.1) is 6.92 Å². The second kappa shape index (κ2) is 7.35. The molecule has 1 aliphatic rings. The molecule has 2 aromatic rings. The summed E-state index contributed by atoms with van der Waals surface area (Å²) in [6.07, 6.45) is 3.32. The van der Waals surface area contributed by atoms with Crippen molar-refractivity contribution in [3.05, 3.63) is 41.7 Å². The van der Waals surface area contributed by atoms with E-state index in [4.69, 9.17) is 14.2 Å². The summed E-state index contributed by atoms with van der Waals surface area (Å²) in [6.45, 7) is 2.84. The van der Waals surface area contributed by atoms with E-state index < -0.39 is 0 Å². The highest BCUT2D eigenvalue weighted by molar-refractivity contribution is 5.79. The molecule has 2 heterocycles. The van der Waals surface area contributed by atoms with Crippen molar-refractivity contribution in [3.63, 3.8) is 0 Å². The number of hydrogen-bond donors (Lipinski definition) is 2. The first-order chi connectivity index (χ1) is 11.7. The minimum atomic E-state index is -0.223. The van der Waals surface area contributed by atoms with Crippen LogP contribution in [0.5, 0.6) is 11.5 Å². The van der Waals surface area contributed by atoms with Crippen molar-refractivity contribution in [3.8, 4) is 11.5 Å². The predicted octanol–water partition coefficient (Wildman–Crippen LogP) is 1.23. The minimum Gasteiger partial charge on any atom is -0.496 e. The number of nitrogens with zero attached hydrogens (tertiary/aromatic N) is 1. The van der Waals surface area contributed by atoms with Gasteiger partial charge in [-0.25, -0.2) is 0 Å². The molecule has 1 amide bonds. The molecule has 1 aliphatic heterocycles. The molecule has 1 aromatic carbocycles. The molecule has 7 heteroatoms. The maximum Gasteiger partial charge on any atom is 0.224 e. The molecule has 1 saturated heterocycles.